The number of nitrogens with two attached hydrogens (primary N) is 1. The van der Waals surface area contributed by atoms with E-state index >= 15 is 0 Å². The highest BCUT2D eigenvalue weighted by atomic mass is 16.6. The minimum atomic E-state index is -0.390. The van der Waals surface area contributed by atoms with E-state index in [0.717, 1.165) is 0 Å². The molecule has 1 heterocycles. The van der Waals surface area contributed by atoms with E-state index in [-0.39, 0.29) is 24.2 Å². The molecule has 1 aliphatic heterocycles. The standard InChI is InChI=1S/C4H6N2O/c5-4-2-1-3-7-6-4/h1-3,6H,5H2/i1D,2D,3D. The zero-order valence-electron chi connectivity index (χ0n) is 6.49. The van der Waals surface area contributed by atoms with Gasteiger partial charge in [-0.25, -0.2) is 5.48 Å². The zero-order chi connectivity index (χ0) is 7.72. The third kappa shape index (κ3) is 0.855. The lowest BCUT2D eigenvalue weighted by Gasteiger charge is -2.05. The van der Waals surface area contributed by atoms with Crippen LogP contribution < -0.4 is 11.2 Å². The average Bonchev–Trinajstić information content (AvgIpc) is 1.93. The monoisotopic (exact) mass is 101 g/mol. The van der Waals surface area contributed by atoms with Crippen LogP contribution in [0.1, 0.15) is 4.11 Å². The van der Waals surface area contributed by atoms with Gasteiger partial charge in [0.2, 0.25) is 0 Å². The van der Waals surface area contributed by atoms with Crippen LogP contribution in [-0.2, 0) is 4.84 Å². The minimum Gasteiger partial charge on any atom is -0.389 e. The van der Waals surface area contributed by atoms with E-state index < -0.39 is 0 Å². The summed E-state index contributed by atoms with van der Waals surface area (Å²) in [6, 6.07) is -0.521. The van der Waals surface area contributed by atoms with Gasteiger partial charge in [-0.15, -0.1) is 0 Å². The van der Waals surface area contributed by atoms with Crippen LogP contribution in [0.4, 0.5) is 0 Å². The van der Waals surface area contributed by atoms with Gasteiger partial charge in [0.15, 0.2) is 0 Å². The predicted molar refractivity (Wildman–Crippen MR) is 25.6 cm³/mol. The molecule has 0 unspecified atom stereocenters. The molecule has 0 spiro atoms. The number of hydrogen-bond acceptors (Lipinski definition) is 3. The van der Waals surface area contributed by atoms with Crippen molar-refractivity contribution in [1.82, 2.24) is 5.48 Å². The average molecular weight is 101 g/mol. The van der Waals surface area contributed by atoms with Crippen LogP contribution in [0, 0.1) is 0 Å². The fraction of sp³-hybridized carbons (Fsp3) is 0. The lowest BCUT2D eigenvalue weighted by atomic mass is 10.5. The molecule has 0 radical (unpaired) electrons. The highest BCUT2D eigenvalue weighted by Crippen LogP contribution is 1.87. The van der Waals surface area contributed by atoms with Gasteiger partial charge in [0.1, 0.15) is 13.4 Å². The quantitative estimate of drug-likeness (QED) is 0.445. The molecule has 1 aliphatic rings. The number of hydroxylamine groups is 1. The van der Waals surface area contributed by atoms with E-state index in [9.17, 15) is 0 Å². The van der Waals surface area contributed by atoms with Crippen LogP contribution >= 0.6 is 0 Å². The maximum Gasteiger partial charge on any atom is 0.131 e. The normalized spacial score (nSPS) is 27.1. The molecule has 38 valence electrons. The summed E-state index contributed by atoms with van der Waals surface area (Å²) in [6.07, 6.45) is -0.390. The molecule has 0 bridgehead atoms. The van der Waals surface area contributed by atoms with Gasteiger partial charge in [-0.3, -0.25) is 0 Å². The second-order valence-corrected chi connectivity index (χ2v) is 0.970. The first kappa shape index (κ1) is 1.78. The Morgan fingerprint density at radius 3 is 3.57 bits per heavy atom. The Morgan fingerprint density at radius 1 is 2.00 bits per heavy atom. The molecule has 0 fully saturated rings. The molecule has 3 nitrogen and oxygen atoms in total. The molecular formula is C4H6N2O. The number of rotatable bonds is 0. The lowest BCUT2D eigenvalue weighted by Crippen LogP contribution is -2.19. The molecule has 7 heavy (non-hydrogen) atoms. The molecule has 1 rings (SSSR count). The number of hydrogen-bond donors (Lipinski definition) is 2. The topological polar surface area (TPSA) is 47.3 Å². The maximum absolute atomic E-state index is 7.06. The van der Waals surface area contributed by atoms with Crippen LogP contribution in [0.3, 0.4) is 0 Å². The molecule has 0 atom stereocenters. The van der Waals surface area contributed by atoms with Gasteiger partial charge in [0.25, 0.3) is 0 Å². The molecule has 0 saturated carbocycles. The fourth-order valence-corrected chi connectivity index (χ4v) is 0.224. The summed E-state index contributed by atoms with van der Waals surface area (Å²) in [7, 11) is 0. The summed E-state index contributed by atoms with van der Waals surface area (Å²) in [5, 5.41) is 0. The summed E-state index contributed by atoms with van der Waals surface area (Å²) in [6.45, 7) is 0. The van der Waals surface area contributed by atoms with Gasteiger partial charge >= 0.3 is 0 Å². The van der Waals surface area contributed by atoms with E-state index in [1.54, 1.807) is 0 Å². The van der Waals surface area contributed by atoms with E-state index in [1.165, 1.54) is 0 Å². The Hall–Kier alpha value is -1.12. The van der Waals surface area contributed by atoms with Crippen LogP contribution in [0.25, 0.3) is 0 Å². The van der Waals surface area contributed by atoms with Crippen molar-refractivity contribution < 1.29 is 8.95 Å². The van der Waals surface area contributed by atoms with E-state index in [1.807, 2.05) is 0 Å². The van der Waals surface area contributed by atoms with Crippen molar-refractivity contribution in [3.8, 4) is 0 Å². The Labute approximate surface area is 45.6 Å². The fourth-order valence-electron chi connectivity index (χ4n) is 0.224. The van der Waals surface area contributed by atoms with Crippen LogP contribution in [0.15, 0.2) is 24.2 Å². The third-order valence-corrected chi connectivity index (χ3v) is 0.460. The summed E-state index contributed by atoms with van der Waals surface area (Å²) in [5.74, 6) is -0.0407. The van der Waals surface area contributed by atoms with Gasteiger partial charge < -0.3 is 10.6 Å². The minimum absolute atomic E-state index is 0.0407. The molecule has 3 heteroatoms. The Bertz CT molecular complexity index is 199. The van der Waals surface area contributed by atoms with Crippen molar-refractivity contribution in [2.75, 3.05) is 0 Å². The Morgan fingerprint density at radius 2 is 2.86 bits per heavy atom. The molecule has 0 amide bonds. The van der Waals surface area contributed by atoms with Gasteiger partial charge in [-0.2, -0.15) is 0 Å². The summed E-state index contributed by atoms with van der Waals surface area (Å²) < 4.78 is 21.0. The van der Waals surface area contributed by atoms with Crippen molar-refractivity contribution in [3.05, 3.63) is 24.2 Å². The molecular weight excluding hydrogens is 92.1 g/mol. The van der Waals surface area contributed by atoms with Crippen molar-refractivity contribution in [2.45, 2.75) is 0 Å². The first-order valence-electron chi connectivity index (χ1n) is 3.20. The largest absolute Gasteiger partial charge is 0.389 e. The van der Waals surface area contributed by atoms with E-state index in [4.69, 9.17) is 9.85 Å². The van der Waals surface area contributed by atoms with Gasteiger partial charge in [0, 0.05) is 0 Å². The third-order valence-electron chi connectivity index (χ3n) is 0.460. The number of allylic oxidation sites excluding steroid dienone is 2. The SMILES string of the molecule is [2H]C1=C([2H])C([2H])=C(N)NO1. The smallest absolute Gasteiger partial charge is 0.131 e. The molecule has 0 aromatic carbocycles. The second-order valence-electron chi connectivity index (χ2n) is 0.970. The van der Waals surface area contributed by atoms with Crippen molar-refractivity contribution in [3.63, 3.8) is 0 Å². The van der Waals surface area contributed by atoms with Gasteiger partial charge in [0.05, 0.1) is 2.74 Å². The van der Waals surface area contributed by atoms with E-state index in [0.29, 0.717) is 0 Å². The van der Waals surface area contributed by atoms with Gasteiger partial charge in [-0.05, 0) is 12.1 Å². The number of nitrogens with one attached hydrogen (secondary N) is 1. The second kappa shape index (κ2) is 1.55. The molecule has 0 saturated heterocycles. The highest BCUT2D eigenvalue weighted by molar-refractivity contribution is 5.07. The van der Waals surface area contributed by atoms with Crippen molar-refractivity contribution in [2.24, 2.45) is 5.73 Å². The Kier molecular flexibility index (Phi) is 0.394. The van der Waals surface area contributed by atoms with Crippen LogP contribution in [-0.4, -0.2) is 0 Å². The Balaban J connectivity index is 3.01. The van der Waals surface area contributed by atoms with Crippen molar-refractivity contribution in [1.29, 1.82) is 0 Å². The first-order chi connectivity index (χ1) is 4.63. The van der Waals surface area contributed by atoms with Crippen LogP contribution in [0.5, 0.6) is 0 Å². The molecule has 0 aromatic rings. The predicted octanol–water partition coefficient (Wildman–Crippen LogP) is -0.165. The molecule has 0 aliphatic carbocycles. The first-order valence-corrected chi connectivity index (χ1v) is 1.70. The lowest BCUT2D eigenvalue weighted by molar-refractivity contribution is 0.158. The maximum atomic E-state index is 7.06. The highest BCUT2D eigenvalue weighted by Gasteiger charge is 1.86. The summed E-state index contributed by atoms with van der Waals surface area (Å²) in [5.41, 5.74) is 7.27. The van der Waals surface area contributed by atoms with Gasteiger partial charge in [-0.1, -0.05) is 0 Å². The molecule has 0 aromatic heterocycles. The van der Waals surface area contributed by atoms with Crippen molar-refractivity contribution >= 4 is 0 Å². The van der Waals surface area contributed by atoms with E-state index in [2.05, 4.69) is 10.3 Å². The zero-order valence-corrected chi connectivity index (χ0v) is 3.49. The van der Waals surface area contributed by atoms with Crippen LogP contribution in [0.2, 0.25) is 0 Å². The molecule has 3 N–H and O–H groups in total. The summed E-state index contributed by atoms with van der Waals surface area (Å²) >= 11 is 0. The summed E-state index contributed by atoms with van der Waals surface area (Å²) in [4.78, 5) is 4.38.